The summed E-state index contributed by atoms with van der Waals surface area (Å²) in [5.74, 6) is 0.532. The predicted molar refractivity (Wildman–Crippen MR) is 94.6 cm³/mol. The lowest BCUT2D eigenvalue weighted by atomic mass is 10.0. The second-order valence-corrected chi connectivity index (χ2v) is 6.21. The van der Waals surface area contributed by atoms with Crippen LogP contribution in [0.4, 0.5) is 11.5 Å². The number of fused-ring (bicyclic) bond motifs is 3. The van der Waals surface area contributed by atoms with Crippen molar-refractivity contribution < 1.29 is 0 Å². The third-order valence-corrected chi connectivity index (χ3v) is 4.79. The summed E-state index contributed by atoms with van der Waals surface area (Å²) < 4.78 is 0. The predicted octanol–water partition coefficient (Wildman–Crippen LogP) is 2.59. The van der Waals surface area contributed by atoms with E-state index >= 15 is 0 Å². The van der Waals surface area contributed by atoms with Crippen LogP contribution in [0.3, 0.4) is 0 Å². The van der Waals surface area contributed by atoms with Gasteiger partial charge in [0.1, 0.15) is 11.5 Å². The first-order valence-electron chi connectivity index (χ1n) is 8.25. The van der Waals surface area contributed by atoms with Gasteiger partial charge in [-0.2, -0.15) is 0 Å². The van der Waals surface area contributed by atoms with E-state index in [1.165, 1.54) is 12.8 Å². The number of aromatic nitrogens is 3. The molecular weight excluding hydrogens is 288 g/mol. The zero-order chi connectivity index (χ0) is 15.8. The molecule has 0 unspecified atom stereocenters. The molecule has 0 atom stereocenters. The summed E-state index contributed by atoms with van der Waals surface area (Å²) in [5.41, 5.74) is 8.84. The monoisotopic (exact) mass is 310 g/mol. The van der Waals surface area contributed by atoms with E-state index in [0.29, 0.717) is 11.9 Å². The van der Waals surface area contributed by atoms with Crippen molar-refractivity contribution in [3.05, 3.63) is 24.5 Å². The summed E-state index contributed by atoms with van der Waals surface area (Å²) in [6, 6.07) is 4.48. The molecule has 0 saturated carbocycles. The number of aromatic amines is 1. The molecule has 4 heterocycles. The van der Waals surface area contributed by atoms with Gasteiger partial charge in [-0.15, -0.1) is 0 Å². The number of nitrogens with one attached hydrogen (secondary N) is 2. The minimum absolute atomic E-state index is 0.507. The average molecular weight is 310 g/mol. The Balaban J connectivity index is 1.69. The molecule has 0 spiro atoms. The molecule has 4 N–H and O–H groups in total. The van der Waals surface area contributed by atoms with Crippen molar-refractivity contribution in [1.29, 1.82) is 0 Å². The van der Waals surface area contributed by atoms with Gasteiger partial charge in [0.15, 0.2) is 0 Å². The highest BCUT2D eigenvalue weighted by molar-refractivity contribution is 6.12. The van der Waals surface area contributed by atoms with Crippen molar-refractivity contribution in [3.63, 3.8) is 0 Å². The number of nitrogen functional groups attached to an aromatic ring is 1. The fourth-order valence-corrected chi connectivity index (χ4v) is 3.47. The van der Waals surface area contributed by atoms with Gasteiger partial charge in [-0.25, -0.2) is 9.97 Å². The van der Waals surface area contributed by atoms with Gasteiger partial charge in [0.25, 0.3) is 0 Å². The van der Waals surface area contributed by atoms with Gasteiger partial charge >= 0.3 is 0 Å². The molecule has 1 saturated heterocycles. The number of hydrogen-bond donors (Lipinski definition) is 3. The minimum atomic E-state index is 0.507. The summed E-state index contributed by atoms with van der Waals surface area (Å²) in [6.07, 6.45) is 5.96. The number of H-pyrrole nitrogens is 1. The van der Waals surface area contributed by atoms with Gasteiger partial charge in [-0.05, 0) is 31.5 Å². The summed E-state index contributed by atoms with van der Waals surface area (Å²) in [7, 11) is 0. The van der Waals surface area contributed by atoms with Crippen LogP contribution in [-0.2, 0) is 0 Å². The van der Waals surface area contributed by atoms with Crippen LogP contribution in [0.1, 0.15) is 19.8 Å². The average Bonchev–Trinajstić information content (AvgIpc) is 2.94. The highest BCUT2D eigenvalue weighted by Gasteiger charge is 2.19. The zero-order valence-corrected chi connectivity index (χ0v) is 13.3. The van der Waals surface area contributed by atoms with Gasteiger partial charge in [0, 0.05) is 41.8 Å². The van der Waals surface area contributed by atoms with Gasteiger partial charge in [0.2, 0.25) is 0 Å². The second-order valence-electron chi connectivity index (χ2n) is 6.21. The lowest BCUT2D eigenvalue weighted by Crippen LogP contribution is -2.38. The zero-order valence-electron chi connectivity index (χ0n) is 13.3. The highest BCUT2D eigenvalue weighted by Crippen LogP contribution is 2.31. The van der Waals surface area contributed by atoms with E-state index in [1.807, 2.05) is 12.3 Å². The molecule has 23 heavy (non-hydrogen) atoms. The number of nitrogens with two attached hydrogens (primary N) is 1. The Morgan fingerprint density at radius 1 is 1.35 bits per heavy atom. The fraction of sp³-hybridized carbons (Fsp3) is 0.412. The van der Waals surface area contributed by atoms with E-state index in [4.69, 9.17) is 5.73 Å². The van der Waals surface area contributed by atoms with Crippen LogP contribution in [-0.4, -0.2) is 45.5 Å². The maximum atomic E-state index is 5.87. The number of anilines is 2. The SMILES string of the molecule is CCN1CCC(Nc2ccnc3[nH]c4cnc(N)cc4c23)CC1. The Morgan fingerprint density at radius 3 is 2.96 bits per heavy atom. The van der Waals surface area contributed by atoms with Crippen LogP contribution in [0.25, 0.3) is 21.9 Å². The number of rotatable bonds is 3. The van der Waals surface area contributed by atoms with Crippen LogP contribution in [0.5, 0.6) is 0 Å². The third-order valence-electron chi connectivity index (χ3n) is 4.79. The molecule has 0 aromatic carbocycles. The largest absolute Gasteiger partial charge is 0.384 e. The Labute approximate surface area is 135 Å². The Bertz CT molecular complexity index is 832. The van der Waals surface area contributed by atoms with Crippen molar-refractivity contribution in [3.8, 4) is 0 Å². The van der Waals surface area contributed by atoms with Crippen molar-refractivity contribution >= 4 is 33.4 Å². The smallest absolute Gasteiger partial charge is 0.140 e. The molecule has 0 aliphatic carbocycles. The van der Waals surface area contributed by atoms with E-state index in [-0.39, 0.29) is 0 Å². The molecule has 1 fully saturated rings. The molecule has 4 rings (SSSR count). The topological polar surface area (TPSA) is 82.9 Å². The third kappa shape index (κ3) is 2.59. The Hall–Kier alpha value is -2.34. The molecule has 3 aromatic rings. The first kappa shape index (κ1) is 14.3. The molecule has 120 valence electrons. The van der Waals surface area contributed by atoms with Crippen molar-refractivity contribution in [2.45, 2.75) is 25.8 Å². The number of pyridine rings is 2. The number of likely N-dealkylation sites (tertiary alicyclic amines) is 1. The van der Waals surface area contributed by atoms with Crippen LogP contribution in [0.15, 0.2) is 24.5 Å². The number of nitrogens with zero attached hydrogens (tertiary/aromatic N) is 3. The van der Waals surface area contributed by atoms with Crippen molar-refractivity contribution in [2.24, 2.45) is 0 Å². The molecule has 6 nitrogen and oxygen atoms in total. The van der Waals surface area contributed by atoms with E-state index in [1.54, 1.807) is 6.20 Å². The molecule has 3 aromatic heterocycles. The Morgan fingerprint density at radius 2 is 2.17 bits per heavy atom. The fourth-order valence-electron chi connectivity index (χ4n) is 3.47. The molecular formula is C17H22N6. The van der Waals surface area contributed by atoms with Crippen LogP contribution in [0, 0.1) is 0 Å². The highest BCUT2D eigenvalue weighted by atomic mass is 15.1. The second kappa shape index (κ2) is 5.70. The van der Waals surface area contributed by atoms with Crippen molar-refractivity contribution in [2.75, 3.05) is 30.7 Å². The van der Waals surface area contributed by atoms with E-state index in [0.717, 1.165) is 47.3 Å². The first-order chi connectivity index (χ1) is 11.2. The molecule has 0 amide bonds. The first-order valence-corrected chi connectivity index (χ1v) is 8.25. The van der Waals surface area contributed by atoms with Crippen LogP contribution < -0.4 is 11.1 Å². The summed E-state index contributed by atoms with van der Waals surface area (Å²) in [6.45, 7) is 5.69. The lowest BCUT2D eigenvalue weighted by molar-refractivity contribution is 0.229. The molecule has 0 bridgehead atoms. The van der Waals surface area contributed by atoms with E-state index in [9.17, 15) is 0 Å². The van der Waals surface area contributed by atoms with Gasteiger partial charge in [-0.3, -0.25) is 0 Å². The van der Waals surface area contributed by atoms with Crippen molar-refractivity contribution in [1.82, 2.24) is 19.9 Å². The quantitative estimate of drug-likeness (QED) is 0.692. The number of hydrogen-bond acceptors (Lipinski definition) is 5. The Kier molecular flexibility index (Phi) is 3.53. The maximum absolute atomic E-state index is 5.87. The van der Waals surface area contributed by atoms with E-state index in [2.05, 4.69) is 38.2 Å². The maximum Gasteiger partial charge on any atom is 0.140 e. The van der Waals surface area contributed by atoms with Gasteiger partial charge < -0.3 is 20.9 Å². The molecule has 6 heteroatoms. The normalized spacial score (nSPS) is 17.1. The minimum Gasteiger partial charge on any atom is -0.384 e. The van der Waals surface area contributed by atoms with Crippen LogP contribution in [0.2, 0.25) is 0 Å². The summed E-state index contributed by atoms with van der Waals surface area (Å²) in [5, 5.41) is 5.90. The summed E-state index contributed by atoms with van der Waals surface area (Å²) >= 11 is 0. The lowest BCUT2D eigenvalue weighted by Gasteiger charge is -2.32. The molecule has 0 radical (unpaired) electrons. The van der Waals surface area contributed by atoms with Crippen LogP contribution >= 0.6 is 0 Å². The number of piperidine rings is 1. The van der Waals surface area contributed by atoms with Gasteiger partial charge in [-0.1, -0.05) is 6.92 Å². The van der Waals surface area contributed by atoms with Gasteiger partial charge in [0.05, 0.1) is 11.7 Å². The standard InChI is InChI=1S/C17H22N6/c1-2-23-7-4-11(5-8-23)21-13-3-6-19-17-16(13)12-9-15(18)20-10-14(12)22-17/h3,6,9-11H,2,4-5,7-8H2,1H3,(H2,18,20)(H2,19,21,22). The molecule has 1 aliphatic heterocycles. The summed E-state index contributed by atoms with van der Waals surface area (Å²) in [4.78, 5) is 14.4. The molecule has 1 aliphatic rings. The van der Waals surface area contributed by atoms with E-state index < -0.39 is 0 Å².